The lowest BCUT2D eigenvalue weighted by atomic mass is 9.91. The van der Waals surface area contributed by atoms with E-state index in [0.29, 0.717) is 32.1 Å². The molecule has 1 saturated heterocycles. The maximum Gasteiger partial charge on any atom is 0.256 e. The number of hydrogen-bond acceptors (Lipinski definition) is 3. The van der Waals surface area contributed by atoms with Crippen molar-refractivity contribution in [3.8, 4) is 0 Å². The molecule has 2 N–H and O–H groups in total. The number of benzene rings is 2. The molecule has 1 fully saturated rings. The summed E-state index contributed by atoms with van der Waals surface area (Å²) in [6.07, 6.45) is 3.30. The summed E-state index contributed by atoms with van der Waals surface area (Å²) in [6, 6.07) is 17.0. The zero-order chi connectivity index (χ0) is 18.9. The number of hydrogen-bond donors (Lipinski definition) is 2. The molecule has 27 heavy (non-hydrogen) atoms. The molecule has 1 atom stereocenters. The molecule has 4 nitrogen and oxygen atoms in total. The fourth-order valence-electron chi connectivity index (χ4n) is 4.43. The highest BCUT2D eigenvalue weighted by Gasteiger charge is 2.42. The normalized spacial score (nSPS) is 22.9. The predicted octanol–water partition coefficient (Wildman–Crippen LogP) is 2.61. The van der Waals surface area contributed by atoms with Crippen LogP contribution in [-0.4, -0.2) is 40.6 Å². The van der Waals surface area contributed by atoms with Gasteiger partial charge < -0.3 is 15.3 Å². The number of nitrogens with zero attached hydrogens (tertiary/aromatic N) is 1. The maximum absolute atomic E-state index is 13.0. The van der Waals surface area contributed by atoms with E-state index in [1.165, 1.54) is 16.7 Å². The smallest absolute Gasteiger partial charge is 0.256 e. The van der Waals surface area contributed by atoms with Crippen LogP contribution in [0.25, 0.3) is 0 Å². The molecule has 0 bridgehead atoms. The van der Waals surface area contributed by atoms with Gasteiger partial charge in [0.1, 0.15) is 0 Å². The molecule has 0 spiro atoms. The summed E-state index contributed by atoms with van der Waals surface area (Å²) in [7, 11) is 0. The van der Waals surface area contributed by atoms with Crippen LogP contribution in [0.4, 0.5) is 0 Å². The van der Waals surface area contributed by atoms with E-state index in [9.17, 15) is 9.90 Å². The zero-order valence-electron chi connectivity index (χ0n) is 15.9. The summed E-state index contributed by atoms with van der Waals surface area (Å²) in [6.45, 7) is 3.66. The molecular formula is C23H28N2O2. The van der Waals surface area contributed by atoms with Crippen molar-refractivity contribution in [1.82, 2.24) is 10.2 Å². The molecular weight excluding hydrogens is 336 g/mol. The Morgan fingerprint density at radius 3 is 2.59 bits per heavy atom. The first-order chi connectivity index (χ1) is 13.0. The highest BCUT2D eigenvalue weighted by atomic mass is 16.3. The van der Waals surface area contributed by atoms with Crippen LogP contribution in [0.2, 0.25) is 0 Å². The monoisotopic (exact) mass is 364 g/mol. The molecule has 1 aliphatic carbocycles. The van der Waals surface area contributed by atoms with Crippen LogP contribution < -0.4 is 5.32 Å². The Hall–Kier alpha value is -2.17. The van der Waals surface area contributed by atoms with Crippen LogP contribution in [0.15, 0.2) is 48.5 Å². The van der Waals surface area contributed by atoms with E-state index in [-0.39, 0.29) is 5.91 Å². The van der Waals surface area contributed by atoms with Crippen LogP contribution in [0.3, 0.4) is 0 Å². The van der Waals surface area contributed by atoms with E-state index in [1.807, 2.05) is 17.0 Å². The third kappa shape index (κ3) is 3.92. The van der Waals surface area contributed by atoms with Crippen molar-refractivity contribution in [3.63, 3.8) is 0 Å². The molecule has 2 aliphatic rings. The van der Waals surface area contributed by atoms with Gasteiger partial charge in [-0.3, -0.25) is 4.79 Å². The predicted molar refractivity (Wildman–Crippen MR) is 106 cm³/mol. The number of carbonyl (C=O) groups is 1. The number of likely N-dealkylation sites (tertiary alicyclic amines) is 1. The minimum atomic E-state index is -1.29. The number of nitrogens with one attached hydrogen (secondary N) is 1. The van der Waals surface area contributed by atoms with E-state index in [2.05, 4.69) is 48.6 Å². The first-order valence-electron chi connectivity index (χ1n) is 9.91. The SMILES string of the molecule is Cc1cccc(CN2CCCC(O)(CNC3Cc4ccccc4C3)C2=O)c1. The summed E-state index contributed by atoms with van der Waals surface area (Å²) in [5, 5.41) is 14.5. The third-order valence-corrected chi connectivity index (χ3v) is 5.89. The van der Waals surface area contributed by atoms with Gasteiger partial charge >= 0.3 is 0 Å². The van der Waals surface area contributed by atoms with Gasteiger partial charge in [-0.2, -0.15) is 0 Å². The molecule has 4 heteroatoms. The number of amides is 1. The Labute approximate surface area is 161 Å². The van der Waals surface area contributed by atoms with Gasteiger partial charge in [0, 0.05) is 25.7 Å². The van der Waals surface area contributed by atoms with Crippen molar-refractivity contribution in [2.45, 2.75) is 50.8 Å². The fraction of sp³-hybridized carbons (Fsp3) is 0.435. The Morgan fingerprint density at radius 1 is 1.15 bits per heavy atom. The quantitative estimate of drug-likeness (QED) is 0.857. The van der Waals surface area contributed by atoms with Crippen molar-refractivity contribution in [3.05, 3.63) is 70.8 Å². The standard InChI is InChI=1S/C23H28N2O2/c1-17-6-4-7-18(12-17)15-25-11-5-10-23(27,22(25)26)16-24-21-13-19-8-2-3-9-20(19)14-21/h2-4,6-9,12,21,24,27H,5,10-11,13-16H2,1H3. The number of aliphatic hydroxyl groups is 1. The largest absolute Gasteiger partial charge is 0.379 e. The van der Waals surface area contributed by atoms with E-state index in [4.69, 9.17) is 0 Å². The van der Waals surface area contributed by atoms with Crippen LogP contribution in [0.5, 0.6) is 0 Å². The molecule has 1 unspecified atom stereocenters. The fourth-order valence-corrected chi connectivity index (χ4v) is 4.43. The van der Waals surface area contributed by atoms with Crippen LogP contribution in [-0.2, 0) is 24.2 Å². The average molecular weight is 364 g/mol. The minimum Gasteiger partial charge on any atom is -0.379 e. The molecule has 0 radical (unpaired) electrons. The van der Waals surface area contributed by atoms with Gasteiger partial charge in [-0.15, -0.1) is 0 Å². The minimum absolute atomic E-state index is 0.140. The molecule has 142 valence electrons. The third-order valence-electron chi connectivity index (χ3n) is 5.89. The van der Waals surface area contributed by atoms with Crippen molar-refractivity contribution < 1.29 is 9.90 Å². The summed E-state index contributed by atoms with van der Waals surface area (Å²) in [5.41, 5.74) is 3.76. The Bertz CT molecular complexity index is 810. The number of rotatable bonds is 5. The van der Waals surface area contributed by atoms with Crippen LogP contribution >= 0.6 is 0 Å². The first kappa shape index (κ1) is 18.2. The van der Waals surface area contributed by atoms with E-state index in [0.717, 1.165) is 24.8 Å². The van der Waals surface area contributed by atoms with Gasteiger partial charge in [0.25, 0.3) is 5.91 Å². The molecule has 1 heterocycles. The number of carbonyl (C=O) groups excluding carboxylic acids is 1. The second kappa shape index (κ2) is 7.45. The molecule has 0 saturated carbocycles. The topological polar surface area (TPSA) is 52.6 Å². The summed E-state index contributed by atoms with van der Waals surface area (Å²) in [4.78, 5) is 14.8. The van der Waals surface area contributed by atoms with E-state index in [1.54, 1.807) is 0 Å². The van der Waals surface area contributed by atoms with Gasteiger partial charge in [0.05, 0.1) is 0 Å². The molecule has 1 amide bonds. The molecule has 2 aromatic rings. The molecule has 4 rings (SSSR count). The Balaban J connectivity index is 1.38. The molecule has 1 aliphatic heterocycles. The van der Waals surface area contributed by atoms with Crippen LogP contribution in [0, 0.1) is 6.92 Å². The number of piperidine rings is 1. The second-order valence-corrected chi connectivity index (χ2v) is 8.11. The van der Waals surface area contributed by atoms with Crippen molar-refractivity contribution in [2.75, 3.05) is 13.1 Å². The summed E-state index contributed by atoms with van der Waals surface area (Å²) < 4.78 is 0. The average Bonchev–Trinajstić information content (AvgIpc) is 3.07. The van der Waals surface area contributed by atoms with Gasteiger partial charge in [-0.05, 0) is 49.3 Å². The first-order valence-corrected chi connectivity index (χ1v) is 9.91. The van der Waals surface area contributed by atoms with Crippen molar-refractivity contribution >= 4 is 5.91 Å². The van der Waals surface area contributed by atoms with Gasteiger partial charge in [0.2, 0.25) is 0 Å². The van der Waals surface area contributed by atoms with Gasteiger partial charge in [-0.1, -0.05) is 54.1 Å². The Kier molecular flexibility index (Phi) is 5.02. The Morgan fingerprint density at radius 2 is 1.89 bits per heavy atom. The number of fused-ring (bicyclic) bond motifs is 1. The van der Waals surface area contributed by atoms with Crippen molar-refractivity contribution in [1.29, 1.82) is 0 Å². The molecule has 2 aromatic carbocycles. The number of aryl methyl sites for hydroxylation is 1. The zero-order valence-corrected chi connectivity index (χ0v) is 15.9. The van der Waals surface area contributed by atoms with Crippen LogP contribution in [0.1, 0.15) is 35.1 Å². The highest BCUT2D eigenvalue weighted by Crippen LogP contribution is 2.26. The summed E-state index contributed by atoms with van der Waals surface area (Å²) in [5.74, 6) is -0.140. The summed E-state index contributed by atoms with van der Waals surface area (Å²) >= 11 is 0. The maximum atomic E-state index is 13.0. The second-order valence-electron chi connectivity index (χ2n) is 8.11. The van der Waals surface area contributed by atoms with Crippen molar-refractivity contribution in [2.24, 2.45) is 0 Å². The van der Waals surface area contributed by atoms with E-state index < -0.39 is 5.60 Å². The van der Waals surface area contributed by atoms with Gasteiger partial charge in [-0.25, -0.2) is 0 Å². The van der Waals surface area contributed by atoms with Gasteiger partial charge in [0.15, 0.2) is 5.60 Å². The highest BCUT2D eigenvalue weighted by molar-refractivity contribution is 5.86. The lowest BCUT2D eigenvalue weighted by Crippen LogP contribution is -2.58. The lowest BCUT2D eigenvalue weighted by molar-refractivity contribution is -0.157. The lowest BCUT2D eigenvalue weighted by Gasteiger charge is -2.39. The molecule has 0 aromatic heterocycles. The van der Waals surface area contributed by atoms with E-state index >= 15 is 0 Å².